The monoisotopic (exact) mass is 223 g/mol. The van der Waals surface area contributed by atoms with Gasteiger partial charge in [-0.15, -0.1) is 0 Å². The van der Waals surface area contributed by atoms with Crippen molar-refractivity contribution >= 4 is 5.69 Å². The van der Waals surface area contributed by atoms with Gasteiger partial charge in [0.15, 0.2) is 4.98 Å². The van der Waals surface area contributed by atoms with Crippen LogP contribution in [-0.4, -0.2) is 20.3 Å². The molecule has 0 aliphatic carbocycles. The lowest BCUT2D eigenvalue weighted by molar-refractivity contribution is 0.319. The van der Waals surface area contributed by atoms with E-state index in [0.29, 0.717) is 30.5 Å². The third kappa shape index (κ3) is 2.54. The van der Waals surface area contributed by atoms with E-state index in [4.69, 9.17) is 19.6 Å². The third-order valence-corrected chi connectivity index (χ3v) is 1.94. The summed E-state index contributed by atoms with van der Waals surface area (Å²) in [5, 5.41) is 8.90. The number of benzene rings is 1. The van der Waals surface area contributed by atoms with Crippen molar-refractivity contribution in [2.24, 2.45) is 0 Å². The smallest absolute Gasteiger partial charge is 0.467 e. The molecule has 0 aliphatic rings. The third-order valence-electron chi connectivity index (χ3n) is 1.94. The second-order valence-electron chi connectivity index (χ2n) is 2.94. The van der Waals surface area contributed by atoms with Crippen LogP contribution in [-0.2, 0) is 0 Å². The van der Waals surface area contributed by atoms with Crippen LogP contribution < -0.4 is 14.2 Å². The van der Waals surface area contributed by atoms with Crippen molar-refractivity contribution < 1.29 is 14.2 Å². The molecule has 0 saturated heterocycles. The van der Waals surface area contributed by atoms with Gasteiger partial charge in [-0.05, 0) is 13.8 Å². The highest BCUT2D eigenvalue weighted by atomic mass is 16.5. The first-order valence-electron chi connectivity index (χ1n) is 5.09. The minimum atomic E-state index is 0.271. The normalized spacial score (nSPS) is 9.38. The zero-order valence-corrected chi connectivity index (χ0v) is 9.69. The second kappa shape index (κ2) is 5.81. The Kier molecular flexibility index (Phi) is 4.40. The summed E-state index contributed by atoms with van der Waals surface area (Å²) in [6.07, 6.45) is 0. The zero-order chi connectivity index (χ0) is 12.0. The van der Waals surface area contributed by atoms with Crippen LogP contribution in [0.3, 0.4) is 0 Å². The summed E-state index contributed by atoms with van der Waals surface area (Å²) < 4.78 is 15.8. The lowest BCUT2D eigenvalue weighted by Gasteiger charge is -2.07. The molecule has 0 bridgehead atoms. The van der Waals surface area contributed by atoms with Crippen LogP contribution in [0.5, 0.6) is 17.2 Å². The van der Waals surface area contributed by atoms with Crippen LogP contribution in [0.25, 0.3) is 4.98 Å². The Balaban J connectivity index is 3.21. The maximum atomic E-state index is 8.90. The molecule has 0 radical (unpaired) electrons. The van der Waals surface area contributed by atoms with Gasteiger partial charge in [0.2, 0.25) is 16.9 Å². The van der Waals surface area contributed by atoms with Gasteiger partial charge < -0.3 is 14.2 Å². The van der Waals surface area contributed by atoms with E-state index in [9.17, 15) is 0 Å². The molecule has 0 heterocycles. The topological polar surface area (TPSA) is 55.8 Å². The Hall–Kier alpha value is -1.96. The van der Waals surface area contributed by atoms with Crippen molar-refractivity contribution in [3.8, 4) is 17.2 Å². The molecule has 0 unspecified atom stereocenters. The lowest BCUT2D eigenvalue weighted by Crippen LogP contribution is -1.97. The van der Waals surface area contributed by atoms with E-state index in [1.165, 1.54) is 7.11 Å². The van der Waals surface area contributed by atoms with Gasteiger partial charge in [-0.1, -0.05) is 0 Å². The fourth-order valence-corrected chi connectivity index (χ4v) is 1.33. The Morgan fingerprint density at radius 3 is 2.25 bits per heavy atom. The minimum Gasteiger partial charge on any atom is -0.494 e. The van der Waals surface area contributed by atoms with Crippen LogP contribution in [0.2, 0.25) is 0 Å². The number of rotatable bonds is 5. The summed E-state index contributed by atoms with van der Waals surface area (Å²) in [6, 6.07) is 3.33. The second-order valence-corrected chi connectivity index (χ2v) is 2.94. The molecule has 0 fully saturated rings. The van der Waals surface area contributed by atoms with Crippen molar-refractivity contribution in [1.82, 2.24) is 0 Å². The number of ether oxygens (including phenoxy) is 3. The number of hydrogen-bond acceptors (Lipinski definition) is 4. The zero-order valence-electron chi connectivity index (χ0n) is 9.69. The molecular weight excluding hydrogens is 208 g/mol. The quantitative estimate of drug-likeness (QED) is 0.720. The van der Waals surface area contributed by atoms with Crippen LogP contribution in [0, 0.1) is 5.39 Å². The molecule has 0 aliphatic heterocycles. The van der Waals surface area contributed by atoms with Crippen LogP contribution in [0.4, 0.5) is 5.69 Å². The van der Waals surface area contributed by atoms with E-state index in [0.717, 1.165) is 0 Å². The lowest BCUT2D eigenvalue weighted by atomic mass is 10.2. The number of diazo groups is 1. The number of nitrogens with zero attached hydrogens (tertiary/aromatic N) is 2. The summed E-state index contributed by atoms with van der Waals surface area (Å²) in [7, 11) is 1.50. The SMILES string of the molecule is CCOc1cc(OC)c([N+]#N)c(OCC)c1. The minimum absolute atomic E-state index is 0.271. The fraction of sp³-hybridized carbons (Fsp3) is 0.455. The predicted octanol–water partition coefficient (Wildman–Crippen LogP) is 2.98. The molecule has 1 rings (SSSR count). The van der Waals surface area contributed by atoms with Gasteiger partial charge in [-0.3, -0.25) is 0 Å². The average molecular weight is 223 g/mol. The molecule has 0 atom stereocenters. The summed E-state index contributed by atoms with van der Waals surface area (Å²) in [4.78, 5) is 3.16. The molecule has 0 spiro atoms. The fourth-order valence-electron chi connectivity index (χ4n) is 1.33. The van der Waals surface area contributed by atoms with E-state index < -0.39 is 0 Å². The van der Waals surface area contributed by atoms with Gasteiger partial charge in [0.1, 0.15) is 5.75 Å². The first-order valence-corrected chi connectivity index (χ1v) is 5.09. The summed E-state index contributed by atoms with van der Waals surface area (Å²) in [6.45, 7) is 4.75. The van der Waals surface area contributed by atoms with Crippen molar-refractivity contribution in [2.45, 2.75) is 13.8 Å². The molecule has 5 nitrogen and oxygen atoms in total. The molecule has 16 heavy (non-hydrogen) atoms. The summed E-state index contributed by atoms with van der Waals surface area (Å²) >= 11 is 0. The van der Waals surface area contributed by atoms with E-state index in [-0.39, 0.29) is 5.69 Å². The molecule has 0 aromatic heterocycles. The molecular formula is C11H15N2O3+. The summed E-state index contributed by atoms with van der Waals surface area (Å²) in [5.74, 6) is 1.47. The maximum Gasteiger partial charge on any atom is 0.467 e. The Bertz CT molecular complexity index is 399. The van der Waals surface area contributed by atoms with Gasteiger partial charge in [0.25, 0.3) is 0 Å². The predicted molar refractivity (Wildman–Crippen MR) is 60.1 cm³/mol. The molecule has 86 valence electrons. The van der Waals surface area contributed by atoms with Gasteiger partial charge >= 0.3 is 5.69 Å². The van der Waals surface area contributed by atoms with Crippen molar-refractivity contribution in [2.75, 3.05) is 20.3 Å². The van der Waals surface area contributed by atoms with Crippen LogP contribution in [0.15, 0.2) is 12.1 Å². The molecule has 0 saturated carbocycles. The van der Waals surface area contributed by atoms with Crippen LogP contribution in [0.1, 0.15) is 13.8 Å². The van der Waals surface area contributed by atoms with Crippen LogP contribution >= 0.6 is 0 Å². The molecule has 1 aromatic rings. The van der Waals surface area contributed by atoms with Gasteiger partial charge in [-0.25, -0.2) is 0 Å². The summed E-state index contributed by atoms with van der Waals surface area (Å²) in [5.41, 5.74) is 0.271. The largest absolute Gasteiger partial charge is 0.494 e. The van der Waals surface area contributed by atoms with Crippen molar-refractivity contribution in [3.05, 3.63) is 17.1 Å². The molecule has 1 aromatic carbocycles. The molecule has 0 amide bonds. The Morgan fingerprint density at radius 2 is 1.75 bits per heavy atom. The van der Waals surface area contributed by atoms with E-state index in [2.05, 4.69) is 4.98 Å². The van der Waals surface area contributed by atoms with E-state index in [1.807, 2.05) is 13.8 Å². The van der Waals surface area contributed by atoms with Gasteiger partial charge in [0.05, 0.1) is 20.3 Å². The Morgan fingerprint density at radius 1 is 1.12 bits per heavy atom. The number of methoxy groups -OCH3 is 1. The van der Waals surface area contributed by atoms with Crippen molar-refractivity contribution in [3.63, 3.8) is 0 Å². The standard InChI is InChI=1S/C11H15N2O3/c1-4-15-8-6-9(14-3)11(13-12)10(7-8)16-5-2/h6-7H,4-5H2,1-3H3/q+1. The van der Waals surface area contributed by atoms with Gasteiger partial charge in [0, 0.05) is 12.1 Å². The number of hydrogen-bond donors (Lipinski definition) is 0. The maximum absolute atomic E-state index is 8.90. The highest BCUT2D eigenvalue weighted by Crippen LogP contribution is 2.41. The average Bonchev–Trinajstić information content (AvgIpc) is 2.29. The Labute approximate surface area is 94.6 Å². The first kappa shape index (κ1) is 12.1. The van der Waals surface area contributed by atoms with Crippen molar-refractivity contribution in [1.29, 1.82) is 5.39 Å². The highest BCUT2D eigenvalue weighted by Gasteiger charge is 2.24. The highest BCUT2D eigenvalue weighted by molar-refractivity contribution is 5.69. The first-order chi connectivity index (χ1) is 7.76. The molecule has 0 N–H and O–H groups in total. The van der Waals surface area contributed by atoms with E-state index in [1.54, 1.807) is 12.1 Å². The van der Waals surface area contributed by atoms with Gasteiger partial charge in [-0.2, -0.15) is 0 Å². The van der Waals surface area contributed by atoms with E-state index >= 15 is 0 Å². The molecule has 5 heteroatoms.